The van der Waals surface area contributed by atoms with E-state index in [0.717, 1.165) is 62.8 Å². The second kappa shape index (κ2) is 8.11. The lowest BCUT2D eigenvalue weighted by atomic mass is 9.88. The molecule has 154 valence electrons. The van der Waals surface area contributed by atoms with E-state index in [1.807, 2.05) is 0 Å². The normalized spacial score (nSPS) is 17.0. The molecule has 0 unspecified atom stereocenters. The number of methoxy groups -OCH3 is 1. The van der Waals surface area contributed by atoms with E-state index in [1.54, 1.807) is 7.11 Å². The summed E-state index contributed by atoms with van der Waals surface area (Å²) in [5.41, 5.74) is 4.85. The zero-order chi connectivity index (χ0) is 20.5. The van der Waals surface area contributed by atoms with Crippen molar-refractivity contribution in [3.63, 3.8) is 0 Å². The van der Waals surface area contributed by atoms with Crippen LogP contribution in [0, 0.1) is 0 Å². The zero-order valence-electron chi connectivity index (χ0n) is 17.9. The molecule has 0 atom stereocenters. The summed E-state index contributed by atoms with van der Waals surface area (Å²) in [5.74, 6) is 2.10. The van der Waals surface area contributed by atoms with Crippen LogP contribution in [0.2, 0.25) is 0 Å². The Labute approximate surface area is 178 Å². The smallest absolute Gasteiger partial charge is 0.137 e. The number of ether oxygens (including phenoxy) is 1. The number of piperazine rings is 1. The number of aromatic nitrogens is 1. The van der Waals surface area contributed by atoms with Crippen LogP contribution in [0.3, 0.4) is 0 Å². The van der Waals surface area contributed by atoms with Gasteiger partial charge in [-0.25, -0.2) is 4.98 Å². The van der Waals surface area contributed by atoms with E-state index in [1.165, 1.54) is 27.5 Å². The van der Waals surface area contributed by atoms with Crippen LogP contribution in [-0.2, 0) is 6.42 Å². The van der Waals surface area contributed by atoms with Crippen molar-refractivity contribution in [2.75, 3.05) is 44.7 Å². The number of fused-ring (bicyclic) bond motifs is 2. The lowest BCUT2D eigenvalue weighted by molar-refractivity contribution is 0.271. The molecule has 1 saturated heterocycles. The Hall–Kier alpha value is -2.85. The second-order valence-electron chi connectivity index (χ2n) is 8.12. The summed E-state index contributed by atoms with van der Waals surface area (Å²) in [5, 5.41) is 2.50. The van der Waals surface area contributed by atoms with Crippen LogP contribution in [0.25, 0.3) is 16.3 Å². The van der Waals surface area contributed by atoms with Gasteiger partial charge >= 0.3 is 0 Å². The number of rotatable bonds is 4. The van der Waals surface area contributed by atoms with Crippen LogP contribution in [0.4, 0.5) is 5.82 Å². The third-order valence-corrected chi connectivity index (χ3v) is 6.50. The monoisotopic (exact) mass is 399 g/mol. The number of allylic oxidation sites excluding steroid dienone is 1. The molecule has 0 bridgehead atoms. The molecule has 1 aromatic heterocycles. The molecular weight excluding hydrogens is 370 g/mol. The second-order valence-corrected chi connectivity index (χ2v) is 8.12. The van der Waals surface area contributed by atoms with Gasteiger partial charge in [0.2, 0.25) is 0 Å². The molecule has 0 amide bonds. The summed E-state index contributed by atoms with van der Waals surface area (Å²) >= 11 is 0. The molecule has 2 aromatic carbocycles. The maximum atomic E-state index is 5.65. The summed E-state index contributed by atoms with van der Waals surface area (Å²) in [4.78, 5) is 10.2. The first-order valence-electron chi connectivity index (χ1n) is 11.0. The van der Waals surface area contributed by atoms with Crippen molar-refractivity contribution in [1.29, 1.82) is 0 Å². The van der Waals surface area contributed by atoms with Crippen LogP contribution in [-0.4, -0.2) is 49.7 Å². The van der Waals surface area contributed by atoms with E-state index in [0.29, 0.717) is 0 Å². The molecule has 0 spiro atoms. The maximum absolute atomic E-state index is 5.65. The molecular formula is C26H29N3O. The standard InChI is InChI=1S/C26H29N3O/c1-3-28-14-16-29(17-15-28)26-20-9-5-4-8-19(20)18-24(27-26)22-11-6-12-23-21(22)10-7-13-25(23)30-2/h4-5,7-11,13,18H,3,6,12,14-17H2,1-2H3. The molecule has 1 aliphatic carbocycles. The average molecular weight is 400 g/mol. The van der Waals surface area contributed by atoms with Crippen LogP contribution in [0.15, 0.2) is 54.6 Å². The van der Waals surface area contributed by atoms with Crippen molar-refractivity contribution in [3.05, 3.63) is 71.4 Å². The third kappa shape index (κ3) is 3.35. The van der Waals surface area contributed by atoms with Crippen LogP contribution < -0.4 is 9.64 Å². The van der Waals surface area contributed by atoms with Crippen molar-refractivity contribution in [2.45, 2.75) is 19.8 Å². The quantitative estimate of drug-likeness (QED) is 0.632. The van der Waals surface area contributed by atoms with Gasteiger partial charge in [0.25, 0.3) is 0 Å². The van der Waals surface area contributed by atoms with Gasteiger partial charge in [-0.05, 0) is 42.5 Å². The van der Waals surface area contributed by atoms with E-state index in [2.05, 4.69) is 71.3 Å². The molecule has 5 rings (SSSR count). The molecule has 0 N–H and O–H groups in total. The Morgan fingerprint density at radius 3 is 2.63 bits per heavy atom. The Bertz CT molecular complexity index is 1100. The highest BCUT2D eigenvalue weighted by Crippen LogP contribution is 2.38. The van der Waals surface area contributed by atoms with Crippen LogP contribution >= 0.6 is 0 Å². The van der Waals surface area contributed by atoms with E-state index < -0.39 is 0 Å². The number of benzene rings is 2. The number of anilines is 1. The van der Waals surface area contributed by atoms with E-state index in [9.17, 15) is 0 Å². The molecule has 3 aromatic rings. The van der Waals surface area contributed by atoms with Crippen molar-refractivity contribution < 1.29 is 4.74 Å². The van der Waals surface area contributed by atoms with Gasteiger partial charge in [-0.3, -0.25) is 0 Å². The molecule has 1 aliphatic heterocycles. The molecule has 1 fully saturated rings. The third-order valence-electron chi connectivity index (χ3n) is 6.50. The number of likely N-dealkylation sites (N-methyl/N-ethyl adjacent to an activating group) is 1. The van der Waals surface area contributed by atoms with Crippen molar-refractivity contribution in [1.82, 2.24) is 9.88 Å². The van der Waals surface area contributed by atoms with Crippen LogP contribution in [0.5, 0.6) is 5.75 Å². The number of nitrogens with zero attached hydrogens (tertiary/aromatic N) is 3. The van der Waals surface area contributed by atoms with Gasteiger partial charge in [0.1, 0.15) is 11.6 Å². The minimum absolute atomic E-state index is 0.981. The summed E-state index contributed by atoms with van der Waals surface area (Å²) in [6.45, 7) is 7.60. The van der Waals surface area contributed by atoms with Gasteiger partial charge in [-0.2, -0.15) is 0 Å². The van der Waals surface area contributed by atoms with Crippen molar-refractivity contribution >= 4 is 22.2 Å². The van der Waals surface area contributed by atoms with Crippen LogP contribution in [0.1, 0.15) is 30.2 Å². The fourth-order valence-electron chi connectivity index (χ4n) is 4.82. The average Bonchev–Trinajstić information content (AvgIpc) is 2.82. The van der Waals surface area contributed by atoms with Gasteiger partial charge in [-0.15, -0.1) is 0 Å². The lowest BCUT2D eigenvalue weighted by Crippen LogP contribution is -2.46. The highest BCUT2D eigenvalue weighted by Gasteiger charge is 2.23. The summed E-state index contributed by atoms with van der Waals surface area (Å²) in [6.07, 6.45) is 4.38. The SMILES string of the molecule is CCN1CCN(c2nc(C3=CCCc4c(OC)cccc43)cc3ccccc23)CC1. The summed E-state index contributed by atoms with van der Waals surface area (Å²) in [7, 11) is 1.76. The van der Waals surface area contributed by atoms with E-state index >= 15 is 0 Å². The molecule has 4 heteroatoms. The Kier molecular flexibility index (Phi) is 5.17. The van der Waals surface area contributed by atoms with E-state index in [-0.39, 0.29) is 0 Å². The fourth-order valence-corrected chi connectivity index (χ4v) is 4.82. The Morgan fingerprint density at radius 2 is 1.83 bits per heavy atom. The van der Waals surface area contributed by atoms with Gasteiger partial charge in [0.15, 0.2) is 0 Å². The molecule has 0 radical (unpaired) electrons. The highest BCUT2D eigenvalue weighted by molar-refractivity contribution is 5.96. The van der Waals surface area contributed by atoms with Gasteiger partial charge in [0, 0.05) is 42.7 Å². The summed E-state index contributed by atoms with van der Waals surface area (Å²) < 4.78 is 5.65. The molecule has 2 heterocycles. The first kappa shape index (κ1) is 19.1. The fraction of sp³-hybridized carbons (Fsp3) is 0.346. The van der Waals surface area contributed by atoms with Crippen molar-refractivity contribution in [3.8, 4) is 5.75 Å². The van der Waals surface area contributed by atoms with E-state index in [4.69, 9.17) is 9.72 Å². The molecule has 30 heavy (non-hydrogen) atoms. The maximum Gasteiger partial charge on any atom is 0.137 e. The largest absolute Gasteiger partial charge is 0.496 e. The molecule has 0 saturated carbocycles. The Morgan fingerprint density at radius 1 is 1.00 bits per heavy atom. The van der Waals surface area contributed by atoms with Gasteiger partial charge in [0.05, 0.1) is 12.8 Å². The molecule has 2 aliphatic rings. The minimum Gasteiger partial charge on any atom is -0.496 e. The molecule has 4 nitrogen and oxygen atoms in total. The van der Waals surface area contributed by atoms with Gasteiger partial charge in [-0.1, -0.05) is 49.4 Å². The number of hydrogen-bond acceptors (Lipinski definition) is 4. The minimum atomic E-state index is 0.981. The lowest BCUT2D eigenvalue weighted by Gasteiger charge is -2.35. The first-order chi connectivity index (χ1) is 14.8. The predicted molar refractivity (Wildman–Crippen MR) is 124 cm³/mol. The first-order valence-corrected chi connectivity index (χ1v) is 11.0. The van der Waals surface area contributed by atoms with Gasteiger partial charge < -0.3 is 14.5 Å². The predicted octanol–water partition coefficient (Wildman–Crippen LogP) is 4.76. The Balaban J connectivity index is 1.61. The summed E-state index contributed by atoms with van der Waals surface area (Å²) in [6, 6.07) is 17.3. The number of pyridine rings is 1. The van der Waals surface area contributed by atoms with Crippen molar-refractivity contribution in [2.24, 2.45) is 0 Å². The zero-order valence-corrected chi connectivity index (χ0v) is 17.9. The number of hydrogen-bond donors (Lipinski definition) is 0. The topological polar surface area (TPSA) is 28.6 Å². The highest BCUT2D eigenvalue weighted by atomic mass is 16.5.